The third kappa shape index (κ3) is 3.36. The maximum absolute atomic E-state index is 12.0. The second kappa shape index (κ2) is 6.90. The molecule has 5 nitrogen and oxygen atoms in total. The van der Waals surface area contributed by atoms with Crippen LogP contribution in [-0.4, -0.2) is 35.5 Å². The molecule has 2 aromatic rings. The van der Waals surface area contributed by atoms with Crippen molar-refractivity contribution in [2.45, 2.75) is 64.3 Å². The second-order valence-corrected chi connectivity index (χ2v) is 8.26. The predicted octanol–water partition coefficient (Wildman–Crippen LogP) is 3.24. The van der Waals surface area contributed by atoms with E-state index in [9.17, 15) is 4.79 Å². The van der Waals surface area contributed by atoms with Crippen LogP contribution in [0.25, 0.3) is 10.2 Å². The number of fused-ring (bicyclic) bond motifs is 3. The van der Waals surface area contributed by atoms with Crippen LogP contribution in [0.15, 0.2) is 0 Å². The van der Waals surface area contributed by atoms with Gasteiger partial charge in [-0.25, -0.2) is 9.97 Å². The first-order valence-corrected chi connectivity index (χ1v) is 10.3. The molecule has 2 aromatic heterocycles. The van der Waals surface area contributed by atoms with Gasteiger partial charge in [0, 0.05) is 24.5 Å². The van der Waals surface area contributed by atoms with Crippen LogP contribution in [0, 0.1) is 0 Å². The summed E-state index contributed by atoms with van der Waals surface area (Å²) < 4.78 is 0. The number of nitrogens with one attached hydrogen (secondary N) is 1. The first-order valence-electron chi connectivity index (χ1n) is 9.48. The Labute approximate surface area is 152 Å². The van der Waals surface area contributed by atoms with E-state index in [0.29, 0.717) is 18.4 Å². The third-order valence-corrected chi connectivity index (χ3v) is 6.40. The number of carbonyl (C=O) groups excluding carboxylic acids is 1. The van der Waals surface area contributed by atoms with Crippen LogP contribution in [0.5, 0.6) is 0 Å². The van der Waals surface area contributed by atoms with E-state index in [1.54, 1.807) is 0 Å². The normalized spacial score (nSPS) is 17.2. The van der Waals surface area contributed by atoms with Crippen molar-refractivity contribution in [2.24, 2.45) is 0 Å². The zero-order valence-electron chi connectivity index (χ0n) is 15.1. The van der Waals surface area contributed by atoms with Gasteiger partial charge in [0.25, 0.3) is 0 Å². The van der Waals surface area contributed by atoms with Crippen molar-refractivity contribution in [3.05, 3.63) is 16.3 Å². The average molecular weight is 359 g/mol. The van der Waals surface area contributed by atoms with Crippen molar-refractivity contribution >= 4 is 33.3 Å². The number of hydrogen-bond acceptors (Lipinski definition) is 5. The quantitative estimate of drug-likeness (QED) is 0.834. The van der Waals surface area contributed by atoms with Gasteiger partial charge in [0.2, 0.25) is 5.91 Å². The molecule has 0 aliphatic heterocycles. The van der Waals surface area contributed by atoms with E-state index in [2.05, 4.69) is 17.3 Å². The average Bonchev–Trinajstić information content (AvgIpc) is 3.39. The van der Waals surface area contributed by atoms with Gasteiger partial charge in [-0.15, -0.1) is 11.3 Å². The van der Waals surface area contributed by atoms with E-state index in [4.69, 9.17) is 9.97 Å². The molecule has 0 spiro atoms. The molecule has 134 valence electrons. The molecule has 1 fully saturated rings. The highest BCUT2D eigenvalue weighted by molar-refractivity contribution is 7.19. The summed E-state index contributed by atoms with van der Waals surface area (Å²) in [6, 6.07) is 0.594. The number of carbonyl (C=O) groups is 1. The molecule has 0 bridgehead atoms. The van der Waals surface area contributed by atoms with E-state index in [0.717, 1.165) is 23.5 Å². The molecule has 0 radical (unpaired) electrons. The monoisotopic (exact) mass is 358 g/mol. The predicted molar refractivity (Wildman–Crippen MR) is 102 cm³/mol. The minimum Gasteiger partial charge on any atom is -0.356 e. The lowest BCUT2D eigenvalue weighted by Gasteiger charge is -2.20. The van der Waals surface area contributed by atoms with Crippen molar-refractivity contribution in [3.63, 3.8) is 0 Å². The topological polar surface area (TPSA) is 58.1 Å². The molecule has 0 saturated heterocycles. The molecular formula is C19H26N4OS. The fourth-order valence-corrected chi connectivity index (χ4v) is 5.00. The van der Waals surface area contributed by atoms with Gasteiger partial charge in [0.05, 0.1) is 11.8 Å². The highest BCUT2D eigenvalue weighted by Crippen LogP contribution is 2.41. The Hall–Kier alpha value is -1.69. The van der Waals surface area contributed by atoms with Crippen molar-refractivity contribution in [1.82, 2.24) is 15.3 Å². The van der Waals surface area contributed by atoms with Crippen LogP contribution in [0.4, 0.5) is 5.82 Å². The van der Waals surface area contributed by atoms with Crippen LogP contribution >= 0.6 is 11.3 Å². The summed E-state index contributed by atoms with van der Waals surface area (Å²) in [4.78, 5) is 26.5. The molecule has 1 saturated carbocycles. The molecule has 6 heteroatoms. The molecule has 4 rings (SSSR count). The van der Waals surface area contributed by atoms with E-state index in [1.165, 1.54) is 47.9 Å². The lowest BCUT2D eigenvalue weighted by Crippen LogP contribution is -2.26. The number of likely N-dealkylation sites (N-methyl/N-ethyl adjacent to an activating group) is 1. The highest BCUT2D eigenvalue weighted by Gasteiger charge is 2.30. The smallest absolute Gasteiger partial charge is 0.227 e. The number of rotatable bonds is 5. The standard InChI is InChI=1S/C19H26N4OS/c1-3-20-16(24)11-15-21-18(23(2)12-9-10-12)17-13-7-5-4-6-8-14(13)25-19(17)22-15/h12H,3-11H2,1-2H3,(H,20,24). The van der Waals surface area contributed by atoms with Crippen LogP contribution in [0.1, 0.15) is 55.3 Å². The molecule has 2 aliphatic carbocycles. The second-order valence-electron chi connectivity index (χ2n) is 7.18. The molecule has 2 heterocycles. The van der Waals surface area contributed by atoms with Crippen molar-refractivity contribution in [2.75, 3.05) is 18.5 Å². The van der Waals surface area contributed by atoms with Crippen LogP contribution in [-0.2, 0) is 24.1 Å². The number of amides is 1. The molecule has 0 aromatic carbocycles. The Morgan fingerprint density at radius 1 is 1.24 bits per heavy atom. The minimum atomic E-state index is -0.00000514. The Morgan fingerprint density at radius 2 is 2.04 bits per heavy atom. The number of thiophene rings is 1. The summed E-state index contributed by atoms with van der Waals surface area (Å²) in [6.07, 6.45) is 8.87. The Balaban J connectivity index is 1.80. The van der Waals surface area contributed by atoms with Crippen molar-refractivity contribution in [3.8, 4) is 0 Å². The fraction of sp³-hybridized carbons (Fsp3) is 0.632. The first-order chi connectivity index (χ1) is 12.2. The number of nitrogens with zero attached hydrogens (tertiary/aromatic N) is 3. The van der Waals surface area contributed by atoms with Gasteiger partial charge in [-0.3, -0.25) is 4.79 Å². The van der Waals surface area contributed by atoms with Crippen LogP contribution < -0.4 is 10.2 Å². The Bertz CT molecular complexity index is 796. The van der Waals surface area contributed by atoms with E-state index in [-0.39, 0.29) is 12.3 Å². The van der Waals surface area contributed by atoms with Gasteiger partial charge in [0.1, 0.15) is 16.5 Å². The van der Waals surface area contributed by atoms with Gasteiger partial charge in [0.15, 0.2) is 0 Å². The van der Waals surface area contributed by atoms with Gasteiger partial charge >= 0.3 is 0 Å². The lowest BCUT2D eigenvalue weighted by molar-refractivity contribution is -0.120. The zero-order chi connectivity index (χ0) is 17.4. The summed E-state index contributed by atoms with van der Waals surface area (Å²) in [5, 5.41) is 4.11. The summed E-state index contributed by atoms with van der Waals surface area (Å²) in [5.41, 5.74) is 1.48. The lowest BCUT2D eigenvalue weighted by atomic mass is 10.1. The van der Waals surface area contributed by atoms with Gasteiger partial charge in [-0.2, -0.15) is 0 Å². The highest BCUT2D eigenvalue weighted by atomic mass is 32.1. The van der Waals surface area contributed by atoms with Crippen molar-refractivity contribution in [1.29, 1.82) is 0 Å². The van der Waals surface area contributed by atoms with E-state index in [1.807, 2.05) is 18.3 Å². The maximum atomic E-state index is 12.0. The molecule has 0 unspecified atom stereocenters. The summed E-state index contributed by atoms with van der Waals surface area (Å²) >= 11 is 1.82. The summed E-state index contributed by atoms with van der Waals surface area (Å²) in [5.74, 6) is 1.70. The zero-order valence-corrected chi connectivity index (χ0v) is 15.9. The molecular weight excluding hydrogens is 332 g/mol. The number of aryl methyl sites for hydroxylation is 2. The molecule has 1 amide bonds. The van der Waals surface area contributed by atoms with E-state index < -0.39 is 0 Å². The van der Waals surface area contributed by atoms with Gasteiger partial charge in [-0.05, 0) is 51.0 Å². The first kappa shape index (κ1) is 16.8. The van der Waals surface area contributed by atoms with Crippen LogP contribution in [0.2, 0.25) is 0 Å². The van der Waals surface area contributed by atoms with Crippen molar-refractivity contribution < 1.29 is 4.79 Å². The summed E-state index contributed by atoms with van der Waals surface area (Å²) in [7, 11) is 2.15. The van der Waals surface area contributed by atoms with Crippen LogP contribution in [0.3, 0.4) is 0 Å². The maximum Gasteiger partial charge on any atom is 0.227 e. The number of aromatic nitrogens is 2. The Kier molecular flexibility index (Phi) is 4.63. The molecule has 1 N–H and O–H groups in total. The fourth-order valence-electron chi connectivity index (χ4n) is 3.73. The van der Waals surface area contributed by atoms with Gasteiger partial charge < -0.3 is 10.2 Å². The SMILES string of the molecule is CCNC(=O)Cc1nc(N(C)C2CC2)c2c3c(sc2n1)CCCCC3. The molecule has 2 aliphatic rings. The molecule has 25 heavy (non-hydrogen) atoms. The Morgan fingerprint density at radius 3 is 2.80 bits per heavy atom. The third-order valence-electron chi connectivity index (χ3n) is 5.21. The van der Waals surface area contributed by atoms with Gasteiger partial charge in [-0.1, -0.05) is 6.42 Å². The summed E-state index contributed by atoms with van der Waals surface area (Å²) in [6.45, 7) is 2.58. The number of hydrogen-bond donors (Lipinski definition) is 1. The largest absolute Gasteiger partial charge is 0.356 e. The minimum absolute atomic E-state index is 0.00000514. The van der Waals surface area contributed by atoms with E-state index >= 15 is 0 Å². The molecule has 0 atom stereocenters. The number of anilines is 1.